The maximum absolute atomic E-state index is 12.3. The van der Waals surface area contributed by atoms with Crippen LogP contribution in [0.15, 0.2) is 18.2 Å². The first-order valence-corrected chi connectivity index (χ1v) is 7.62. The summed E-state index contributed by atoms with van der Waals surface area (Å²) in [6.45, 7) is 2.65. The van der Waals surface area contributed by atoms with Gasteiger partial charge in [-0.25, -0.2) is 0 Å². The predicted molar refractivity (Wildman–Crippen MR) is 79.4 cm³/mol. The monoisotopic (exact) mass is 317 g/mol. The quantitative estimate of drug-likeness (QED) is 0.705. The molecule has 0 bridgehead atoms. The van der Waals surface area contributed by atoms with Crippen molar-refractivity contribution in [3.05, 3.63) is 23.8 Å². The summed E-state index contributed by atoms with van der Waals surface area (Å²) >= 11 is 0. The van der Waals surface area contributed by atoms with Crippen molar-refractivity contribution >= 4 is 5.69 Å². The minimum absolute atomic E-state index is 0.131. The van der Waals surface area contributed by atoms with E-state index in [1.807, 2.05) is 0 Å². The fourth-order valence-corrected chi connectivity index (χ4v) is 2.81. The number of methoxy groups -OCH3 is 1. The molecule has 0 amide bonds. The third-order valence-electron chi connectivity index (χ3n) is 3.78. The van der Waals surface area contributed by atoms with E-state index in [1.165, 1.54) is 12.1 Å². The first kappa shape index (κ1) is 16.9. The number of anilines is 1. The Labute approximate surface area is 129 Å². The minimum Gasteiger partial charge on any atom is -0.406 e. The molecule has 1 aromatic carbocycles. The van der Waals surface area contributed by atoms with Crippen molar-refractivity contribution in [2.24, 2.45) is 0 Å². The molecule has 1 aliphatic heterocycles. The maximum Gasteiger partial charge on any atom is 0.573 e. The second kappa shape index (κ2) is 7.72. The molecule has 2 rings (SSSR count). The van der Waals surface area contributed by atoms with Gasteiger partial charge in [-0.05, 0) is 55.9 Å². The Balaban J connectivity index is 1.95. The van der Waals surface area contributed by atoms with Gasteiger partial charge < -0.3 is 14.4 Å². The van der Waals surface area contributed by atoms with E-state index in [4.69, 9.17) is 4.74 Å². The van der Waals surface area contributed by atoms with E-state index in [9.17, 15) is 13.2 Å². The molecular formula is C16H22F3NO2. The van der Waals surface area contributed by atoms with E-state index < -0.39 is 6.36 Å². The van der Waals surface area contributed by atoms with Gasteiger partial charge in [0, 0.05) is 32.5 Å². The second-order valence-electron chi connectivity index (χ2n) is 5.48. The topological polar surface area (TPSA) is 21.7 Å². The fourth-order valence-electron chi connectivity index (χ4n) is 2.81. The average Bonchev–Trinajstić information content (AvgIpc) is 2.45. The van der Waals surface area contributed by atoms with Gasteiger partial charge in [0.2, 0.25) is 0 Å². The molecule has 124 valence electrons. The van der Waals surface area contributed by atoms with Crippen LogP contribution in [-0.4, -0.2) is 33.2 Å². The third-order valence-corrected chi connectivity index (χ3v) is 3.78. The molecule has 0 saturated heterocycles. The van der Waals surface area contributed by atoms with Crippen molar-refractivity contribution in [2.45, 2.75) is 38.5 Å². The van der Waals surface area contributed by atoms with Crippen LogP contribution in [-0.2, 0) is 11.2 Å². The fraction of sp³-hybridized carbons (Fsp3) is 0.625. The van der Waals surface area contributed by atoms with Crippen LogP contribution in [0.1, 0.15) is 31.2 Å². The van der Waals surface area contributed by atoms with Crippen LogP contribution >= 0.6 is 0 Å². The Morgan fingerprint density at radius 2 is 2.00 bits per heavy atom. The number of alkyl halides is 3. The maximum atomic E-state index is 12.3. The lowest BCUT2D eigenvalue weighted by molar-refractivity contribution is -0.274. The molecule has 0 fully saturated rings. The van der Waals surface area contributed by atoms with Gasteiger partial charge >= 0.3 is 6.36 Å². The van der Waals surface area contributed by atoms with E-state index >= 15 is 0 Å². The van der Waals surface area contributed by atoms with Crippen LogP contribution in [0.4, 0.5) is 18.9 Å². The first-order valence-electron chi connectivity index (χ1n) is 7.62. The Morgan fingerprint density at radius 1 is 1.18 bits per heavy atom. The molecule has 0 N–H and O–H groups in total. The van der Waals surface area contributed by atoms with Gasteiger partial charge in [0.25, 0.3) is 0 Å². The van der Waals surface area contributed by atoms with Crippen molar-refractivity contribution in [1.82, 2.24) is 0 Å². The smallest absolute Gasteiger partial charge is 0.406 e. The summed E-state index contributed by atoms with van der Waals surface area (Å²) in [5.41, 5.74) is 1.97. The van der Waals surface area contributed by atoms with E-state index in [1.54, 1.807) is 13.2 Å². The number of hydrogen-bond donors (Lipinski definition) is 0. The first-order chi connectivity index (χ1) is 10.5. The summed E-state index contributed by atoms with van der Waals surface area (Å²) in [6, 6.07) is 4.65. The SMILES string of the molecule is COCCCCCN1CCCc2cc(OC(F)(F)F)ccc21. The highest BCUT2D eigenvalue weighted by atomic mass is 19.4. The normalized spacial score (nSPS) is 14.8. The lowest BCUT2D eigenvalue weighted by Crippen LogP contribution is -2.30. The molecule has 0 atom stereocenters. The van der Waals surface area contributed by atoms with Gasteiger partial charge in [-0.2, -0.15) is 0 Å². The molecule has 22 heavy (non-hydrogen) atoms. The average molecular weight is 317 g/mol. The molecule has 0 unspecified atom stereocenters. The lowest BCUT2D eigenvalue weighted by atomic mass is 10.0. The van der Waals surface area contributed by atoms with Crippen LogP contribution < -0.4 is 9.64 Å². The summed E-state index contributed by atoms with van der Waals surface area (Å²) < 4.78 is 45.8. The molecule has 0 spiro atoms. The van der Waals surface area contributed by atoms with Gasteiger partial charge in [-0.3, -0.25) is 0 Å². The van der Waals surface area contributed by atoms with Crippen molar-refractivity contribution < 1.29 is 22.6 Å². The summed E-state index contributed by atoms with van der Waals surface area (Å²) in [7, 11) is 1.70. The Bertz CT molecular complexity index is 477. The van der Waals surface area contributed by atoms with Crippen molar-refractivity contribution in [3.63, 3.8) is 0 Å². The Kier molecular flexibility index (Phi) is 5.94. The standard InChI is InChI=1S/C16H22F3NO2/c1-21-11-4-2-3-9-20-10-5-6-13-12-14(7-8-15(13)20)22-16(17,18)19/h7-8,12H,2-6,9-11H2,1H3. The van der Waals surface area contributed by atoms with Crippen molar-refractivity contribution in [1.29, 1.82) is 0 Å². The summed E-state index contributed by atoms with van der Waals surface area (Å²) in [6.07, 6.45) is 0.309. The van der Waals surface area contributed by atoms with E-state index in [-0.39, 0.29) is 5.75 Å². The van der Waals surface area contributed by atoms with Gasteiger partial charge in [0.1, 0.15) is 5.75 Å². The molecule has 0 saturated carbocycles. The van der Waals surface area contributed by atoms with Gasteiger partial charge in [-0.15, -0.1) is 13.2 Å². The Morgan fingerprint density at radius 3 is 2.73 bits per heavy atom. The van der Waals surface area contributed by atoms with Crippen LogP contribution in [0.2, 0.25) is 0 Å². The van der Waals surface area contributed by atoms with Crippen LogP contribution in [0, 0.1) is 0 Å². The zero-order valence-electron chi connectivity index (χ0n) is 12.8. The second-order valence-corrected chi connectivity index (χ2v) is 5.48. The number of rotatable bonds is 7. The molecule has 1 heterocycles. The van der Waals surface area contributed by atoms with Gasteiger partial charge in [0.05, 0.1) is 0 Å². The molecule has 3 nitrogen and oxygen atoms in total. The van der Waals surface area contributed by atoms with E-state index in [0.29, 0.717) is 0 Å². The number of nitrogens with zero attached hydrogens (tertiary/aromatic N) is 1. The van der Waals surface area contributed by atoms with Gasteiger partial charge in [-0.1, -0.05) is 0 Å². The number of unbranched alkanes of at least 4 members (excludes halogenated alkanes) is 2. The van der Waals surface area contributed by atoms with Gasteiger partial charge in [0.15, 0.2) is 0 Å². The highest BCUT2D eigenvalue weighted by Crippen LogP contribution is 2.32. The number of hydrogen-bond acceptors (Lipinski definition) is 3. The van der Waals surface area contributed by atoms with Crippen LogP contribution in [0.25, 0.3) is 0 Å². The van der Waals surface area contributed by atoms with E-state index in [2.05, 4.69) is 9.64 Å². The molecule has 0 aromatic heterocycles. The Hall–Kier alpha value is -1.43. The number of fused-ring (bicyclic) bond motifs is 1. The number of halogens is 3. The number of ether oxygens (including phenoxy) is 2. The van der Waals surface area contributed by atoms with E-state index in [0.717, 1.165) is 63.1 Å². The largest absolute Gasteiger partial charge is 0.573 e. The summed E-state index contributed by atoms with van der Waals surface area (Å²) in [5.74, 6) is -0.131. The molecule has 1 aliphatic rings. The van der Waals surface area contributed by atoms with Crippen LogP contribution in [0.5, 0.6) is 5.75 Å². The van der Waals surface area contributed by atoms with Crippen molar-refractivity contribution in [3.8, 4) is 5.75 Å². The minimum atomic E-state index is -4.63. The van der Waals surface area contributed by atoms with Crippen LogP contribution in [0.3, 0.4) is 0 Å². The molecule has 0 aliphatic carbocycles. The predicted octanol–water partition coefficient (Wildman–Crippen LogP) is 4.15. The molecular weight excluding hydrogens is 295 g/mol. The summed E-state index contributed by atoms with van der Waals surface area (Å²) in [5, 5.41) is 0. The zero-order valence-corrected chi connectivity index (χ0v) is 12.8. The highest BCUT2D eigenvalue weighted by molar-refractivity contribution is 5.58. The third kappa shape index (κ3) is 5.09. The highest BCUT2D eigenvalue weighted by Gasteiger charge is 2.31. The lowest BCUT2D eigenvalue weighted by Gasteiger charge is -2.31. The number of aryl methyl sites for hydroxylation is 1. The zero-order chi connectivity index (χ0) is 16.0. The molecule has 1 aromatic rings. The molecule has 0 radical (unpaired) electrons. The summed E-state index contributed by atoms with van der Waals surface area (Å²) in [4.78, 5) is 2.25. The molecule has 6 heteroatoms. The van der Waals surface area contributed by atoms with Crippen molar-refractivity contribution in [2.75, 3.05) is 31.7 Å². The number of benzene rings is 1.